The summed E-state index contributed by atoms with van der Waals surface area (Å²) in [6, 6.07) is 18.6. The molecule has 1 N–H and O–H groups in total. The molecule has 0 spiro atoms. The Morgan fingerprint density at radius 2 is 1.80 bits per heavy atom. The second-order valence-corrected chi connectivity index (χ2v) is 6.57. The number of nitrogens with one attached hydrogen (secondary N) is 1. The van der Waals surface area contributed by atoms with Crippen molar-refractivity contribution in [3.05, 3.63) is 82.6 Å². The van der Waals surface area contributed by atoms with E-state index in [2.05, 4.69) is 5.32 Å². The predicted octanol–water partition coefficient (Wildman–Crippen LogP) is 5.32. The van der Waals surface area contributed by atoms with Crippen LogP contribution in [0.5, 0.6) is 0 Å². The van der Waals surface area contributed by atoms with Gasteiger partial charge < -0.3 is 14.5 Å². The average molecular weight is 421 g/mol. The summed E-state index contributed by atoms with van der Waals surface area (Å²) in [5.74, 6) is -0.0809. The van der Waals surface area contributed by atoms with E-state index in [1.165, 1.54) is 18.2 Å². The lowest BCUT2D eigenvalue weighted by atomic mass is 10.2. The number of furan rings is 1. The van der Waals surface area contributed by atoms with Crippen molar-refractivity contribution in [2.75, 3.05) is 11.9 Å². The van der Waals surface area contributed by atoms with Crippen LogP contribution in [0.4, 0.5) is 5.69 Å². The van der Waals surface area contributed by atoms with Crippen molar-refractivity contribution in [3.8, 4) is 17.4 Å². The van der Waals surface area contributed by atoms with E-state index in [1.54, 1.807) is 43.3 Å². The van der Waals surface area contributed by atoms with Gasteiger partial charge in [0, 0.05) is 22.3 Å². The van der Waals surface area contributed by atoms with Gasteiger partial charge in [-0.1, -0.05) is 11.6 Å². The molecule has 3 aromatic rings. The molecule has 0 aliphatic carbocycles. The highest BCUT2D eigenvalue weighted by Crippen LogP contribution is 2.25. The summed E-state index contributed by atoms with van der Waals surface area (Å²) in [5, 5.41) is 12.6. The van der Waals surface area contributed by atoms with Crippen LogP contribution in [-0.4, -0.2) is 18.5 Å². The highest BCUT2D eigenvalue weighted by atomic mass is 35.5. The van der Waals surface area contributed by atoms with E-state index in [1.807, 2.05) is 18.2 Å². The Morgan fingerprint density at radius 3 is 2.43 bits per heavy atom. The topological polar surface area (TPSA) is 92.3 Å². The maximum absolute atomic E-state index is 12.4. The monoisotopic (exact) mass is 420 g/mol. The second-order valence-electron chi connectivity index (χ2n) is 6.13. The van der Waals surface area contributed by atoms with Crippen LogP contribution in [0.2, 0.25) is 5.02 Å². The zero-order valence-corrected chi connectivity index (χ0v) is 16.8. The SMILES string of the molecule is CCOC(=O)c1ccc(NC(=O)/C(C#N)=C\c2ccc(-c3ccc(Cl)cc3)o2)cc1. The maximum atomic E-state index is 12.4. The number of esters is 1. The summed E-state index contributed by atoms with van der Waals surface area (Å²) in [4.78, 5) is 24.1. The van der Waals surface area contributed by atoms with Gasteiger partial charge in [0.1, 0.15) is 23.2 Å². The number of nitriles is 1. The number of ether oxygens (including phenoxy) is 1. The lowest BCUT2D eigenvalue weighted by molar-refractivity contribution is -0.112. The van der Waals surface area contributed by atoms with Crippen LogP contribution in [0.1, 0.15) is 23.0 Å². The first-order valence-electron chi connectivity index (χ1n) is 9.06. The first kappa shape index (κ1) is 20.9. The summed E-state index contributed by atoms with van der Waals surface area (Å²) in [5.41, 5.74) is 1.51. The summed E-state index contributed by atoms with van der Waals surface area (Å²) < 4.78 is 10.6. The number of halogens is 1. The minimum atomic E-state index is -0.592. The summed E-state index contributed by atoms with van der Waals surface area (Å²) in [7, 11) is 0. The van der Waals surface area contributed by atoms with Gasteiger partial charge in [-0.3, -0.25) is 4.79 Å². The third kappa shape index (κ3) is 5.16. The minimum Gasteiger partial charge on any atom is -0.462 e. The molecule has 150 valence electrons. The number of amides is 1. The molecule has 0 aliphatic heterocycles. The van der Waals surface area contributed by atoms with Gasteiger partial charge in [-0.05, 0) is 67.6 Å². The number of hydrogen-bond acceptors (Lipinski definition) is 5. The quantitative estimate of drug-likeness (QED) is 0.331. The van der Waals surface area contributed by atoms with Crippen molar-refractivity contribution in [1.82, 2.24) is 0 Å². The number of carbonyl (C=O) groups is 2. The number of benzene rings is 2. The number of anilines is 1. The molecule has 1 heterocycles. The number of carbonyl (C=O) groups excluding carboxylic acids is 2. The van der Waals surface area contributed by atoms with Crippen LogP contribution in [0.15, 0.2) is 70.7 Å². The molecule has 0 atom stereocenters. The van der Waals surface area contributed by atoms with E-state index in [4.69, 9.17) is 20.8 Å². The lowest BCUT2D eigenvalue weighted by Gasteiger charge is -2.06. The first-order valence-corrected chi connectivity index (χ1v) is 9.44. The molecule has 0 radical (unpaired) electrons. The number of nitrogens with zero attached hydrogens (tertiary/aromatic N) is 1. The average Bonchev–Trinajstić information content (AvgIpc) is 3.21. The van der Waals surface area contributed by atoms with Crippen LogP contribution in [0.3, 0.4) is 0 Å². The third-order valence-electron chi connectivity index (χ3n) is 4.06. The van der Waals surface area contributed by atoms with Gasteiger partial charge in [-0.15, -0.1) is 0 Å². The standard InChI is InChI=1S/C23H17ClN2O4/c1-2-29-23(28)16-5-9-19(10-6-16)26-22(27)17(14-25)13-20-11-12-21(30-20)15-3-7-18(24)8-4-15/h3-13H,2H2,1H3,(H,26,27)/b17-13-. The fourth-order valence-corrected chi connectivity index (χ4v) is 2.72. The Bertz CT molecular complexity index is 1120. The van der Waals surface area contributed by atoms with E-state index in [0.29, 0.717) is 27.8 Å². The van der Waals surface area contributed by atoms with E-state index < -0.39 is 11.9 Å². The van der Waals surface area contributed by atoms with Crippen molar-refractivity contribution in [2.24, 2.45) is 0 Å². The Hall–Kier alpha value is -3.82. The summed E-state index contributed by atoms with van der Waals surface area (Å²) >= 11 is 5.89. The molecule has 0 aliphatic rings. The predicted molar refractivity (Wildman–Crippen MR) is 114 cm³/mol. The van der Waals surface area contributed by atoms with E-state index in [9.17, 15) is 14.9 Å². The van der Waals surface area contributed by atoms with E-state index >= 15 is 0 Å². The van der Waals surface area contributed by atoms with Crippen molar-refractivity contribution < 1.29 is 18.7 Å². The first-order chi connectivity index (χ1) is 14.5. The highest BCUT2D eigenvalue weighted by Gasteiger charge is 2.12. The van der Waals surface area contributed by atoms with Crippen LogP contribution < -0.4 is 5.32 Å². The van der Waals surface area contributed by atoms with Crippen LogP contribution in [-0.2, 0) is 9.53 Å². The highest BCUT2D eigenvalue weighted by molar-refractivity contribution is 6.30. The van der Waals surface area contributed by atoms with Crippen LogP contribution >= 0.6 is 11.6 Å². The van der Waals surface area contributed by atoms with Crippen molar-refractivity contribution in [3.63, 3.8) is 0 Å². The maximum Gasteiger partial charge on any atom is 0.338 e. The van der Waals surface area contributed by atoms with Crippen LogP contribution in [0, 0.1) is 11.3 Å². The number of rotatable bonds is 6. The van der Waals surface area contributed by atoms with Gasteiger partial charge in [0.25, 0.3) is 5.91 Å². The minimum absolute atomic E-state index is 0.124. The molecular weight excluding hydrogens is 404 g/mol. The fraction of sp³-hybridized carbons (Fsp3) is 0.0870. The molecule has 7 heteroatoms. The molecule has 3 rings (SSSR count). The van der Waals surface area contributed by atoms with Gasteiger partial charge >= 0.3 is 5.97 Å². The molecule has 30 heavy (non-hydrogen) atoms. The van der Waals surface area contributed by atoms with E-state index in [-0.39, 0.29) is 12.2 Å². The van der Waals surface area contributed by atoms with Gasteiger partial charge in [0.05, 0.1) is 12.2 Å². The summed E-state index contributed by atoms with van der Waals surface area (Å²) in [6.07, 6.45) is 1.36. The number of hydrogen-bond donors (Lipinski definition) is 1. The Morgan fingerprint density at radius 1 is 1.10 bits per heavy atom. The van der Waals surface area contributed by atoms with Crippen LogP contribution in [0.25, 0.3) is 17.4 Å². The molecule has 1 aromatic heterocycles. The molecule has 0 saturated carbocycles. The molecule has 0 bridgehead atoms. The van der Waals surface area contributed by atoms with E-state index in [0.717, 1.165) is 5.56 Å². The Balaban J connectivity index is 1.72. The third-order valence-corrected chi connectivity index (χ3v) is 4.31. The largest absolute Gasteiger partial charge is 0.462 e. The molecule has 0 unspecified atom stereocenters. The normalized spacial score (nSPS) is 10.9. The molecule has 0 fully saturated rings. The zero-order chi connectivity index (χ0) is 21.5. The lowest BCUT2D eigenvalue weighted by Crippen LogP contribution is -2.13. The molecule has 1 amide bonds. The Kier molecular flexibility index (Phi) is 6.68. The second kappa shape index (κ2) is 9.59. The summed E-state index contributed by atoms with van der Waals surface area (Å²) in [6.45, 7) is 2.00. The zero-order valence-electron chi connectivity index (χ0n) is 16.0. The molecule has 0 saturated heterocycles. The van der Waals surface area contributed by atoms with Gasteiger partial charge in [0.15, 0.2) is 0 Å². The van der Waals surface area contributed by atoms with Crippen molar-refractivity contribution in [1.29, 1.82) is 5.26 Å². The molecular formula is C23H17ClN2O4. The van der Waals surface area contributed by atoms with Crippen molar-refractivity contribution >= 4 is 35.2 Å². The van der Waals surface area contributed by atoms with Crippen molar-refractivity contribution in [2.45, 2.75) is 6.92 Å². The smallest absolute Gasteiger partial charge is 0.338 e. The van der Waals surface area contributed by atoms with Gasteiger partial charge in [-0.2, -0.15) is 5.26 Å². The van der Waals surface area contributed by atoms with Gasteiger partial charge in [0.2, 0.25) is 0 Å². The molecule has 2 aromatic carbocycles. The fourth-order valence-electron chi connectivity index (χ4n) is 2.59. The Labute approximate surface area is 178 Å². The van der Waals surface area contributed by atoms with Gasteiger partial charge in [-0.25, -0.2) is 4.79 Å². The molecule has 6 nitrogen and oxygen atoms in total.